The van der Waals surface area contributed by atoms with Crippen molar-refractivity contribution in [3.63, 3.8) is 0 Å². The van der Waals surface area contributed by atoms with Gasteiger partial charge < -0.3 is 20.8 Å². The molecule has 0 aliphatic heterocycles. The van der Waals surface area contributed by atoms with E-state index in [9.17, 15) is 9.59 Å². The Morgan fingerprint density at radius 3 is 2.79 bits per heavy atom. The minimum atomic E-state index is -0.394. The minimum absolute atomic E-state index is 0.119. The molecule has 104 valence electrons. The molecule has 4 N–H and O–H groups in total. The molecule has 0 unspecified atom stereocenters. The molecule has 2 rings (SSSR count). The normalized spacial score (nSPS) is 13.8. The molecule has 19 heavy (non-hydrogen) atoms. The third kappa shape index (κ3) is 2.78. The second-order valence-corrected chi connectivity index (χ2v) is 4.51. The van der Waals surface area contributed by atoms with Gasteiger partial charge in [-0.15, -0.1) is 0 Å². The fourth-order valence-electron chi connectivity index (χ4n) is 2.40. The van der Waals surface area contributed by atoms with Gasteiger partial charge in [-0.05, 0) is 38.2 Å². The number of rotatable bonds is 4. The van der Waals surface area contributed by atoms with Crippen molar-refractivity contribution in [3.8, 4) is 0 Å². The lowest BCUT2D eigenvalue weighted by Crippen LogP contribution is -2.23. The highest BCUT2D eigenvalue weighted by Crippen LogP contribution is 2.30. The van der Waals surface area contributed by atoms with E-state index in [1.54, 1.807) is 6.92 Å². The zero-order chi connectivity index (χ0) is 13.8. The van der Waals surface area contributed by atoms with Crippen LogP contribution in [0.2, 0.25) is 0 Å². The number of aromatic amines is 1. The summed E-state index contributed by atoms with van der Waals surface area (Å²) in [5.41, 5.74) is 7.73. The summed E-state index contributed by atoms with van der Waals surface area (Å²) in [6, 6.07) is 0. The largest absolute Gasteiger partial charge is 0.462 e. The SMILES string of the molecule is CCOC(=O)c1c(NC(=O)CN)[nH]c2c1CCCC2. The number of aryl methyl sites for hydroxylation is 1. The summed E-state index contributed by atoms with van der Waals surface area (Å²) in [4.78, 5) is 26.6. The molecular weight excluding hydrogens is 246 g/mol. The molecule has 0 spiro atoms. The molecule has 0 saturated heterocycles. The van der Waals surface area contributed by atoms with Gasteiger partial charge in [-0.2, -0.15) is 0 Å². The molecule has 6 nitrogen and oxygen atoms in total. The van der Waals surface area contributed by atoms with E-state index in [-0.39, 0.29) is 12.5 Å². The van der Waals surface area contributed by atoms with Crippen LogP contribution in [-0.2, 0) is 22.4 Å². The summed E-state index contributed by atoms with van der Waals surface area (Å²) in [7, 11) is 0. The zero-order valence-electron chi connectivity index (χ0n) is 11.0. The van der Waals surface area contributed by atoms with Crippen molar-refractivity contribution >= 4 is 17.7 Å². The Bertz CT molecular complexity index is 494. The first-order valence-electron chi connectivity index (χ1n) is 6.58. The number of amides is 1. The topological polar surface area (TPSA) is 97.2 Å². The van der Waals surface area contributed by atoms with Gasteiger partial charge >= 0.3 is 5.97 Å². The maximum Gasteiger partial charge on any atom is 0.342 e. The van der Waals surface area contributed by atoms with Gasteiger partial charge in [-0.3, -0.25) is 4.79 Å². The first-order chi connectivity index (χ1) is 9.17. The molecule has 0 saturated carbocycles. The first-order valence-corrected chi connectivity index (χ1v) is 6.58. The lowest BCUT2D eigenvalue weighted by Gasteiger charge is -2.12. The molecule has 1 aromatic rings. The number of hydrogen-bond acceptors (Lipinski definition) is 4. The Morgan fingerprint density at radius 1 is 1.37 bits per heavy atom. The van der Waals surface area contributed by atoms with Crippen molar-refractivity contribution in [2.24, 2.45) is 5.73 Å². The van der Waals surface area contributed by atoms with E-state index >= 15 is 0 Å². The van der Waals surface area contributed by atoms with Gasteiger partial charge in [-0.1, -0.05) is 0 Å². The van der Waals surface area contributed by atoms with Gasteiger partial charge in [0.05, 0.1) is 13.2 Å². The van der Waals surface area contributed by atoms with Crippen LogP contribution >= 0.6 is 0 Å². The monoisotopic (exact) mass is 265 g/mol. The Kier molecular flexibility index (Phi) is 4.21. The Morgan fingerprint density at radius 2 is 2.11 bits per heavy atom. The summed E-state index contributed by atoms with van der Waals surface area (Å²) in [5, 5.41) is 2.64. The molecule has 1 aromatic heterocycles. The first kappa shape index (κ1) is 13.6. The van der Waals surface area contributed by atoms with Crippen LogP contribution in [0.15, 0.2) is 0 Å². The van der Waals surface area contributed by atoms with Crippen LogP contribution in [0.1, 0.15) is 41.4 Å². The smallest absolute Gasteiger partial charge is 0.342 e. The van der Waals surface area contributed by atoms with Gasteiger partial charge in [0.25, 0.3) is 0 Å². The van der Waals surface area contributed by atoms with Crippen molar-refractivity contribution in [2.45, 2.75) is 32.6 Å². The molecule has 0 bridgehead atoms. The lowest BCUT2D eigenvalue weighted by atomic mass is 9.95. The van der Waals surface area contributed by atoms with Gasteiger partial charge in [0.2, 0.25) is 5.91 Å². The fraction of sp³-hybridized carbons (Fsp3) is 0.538. The van der Waals surface area contributed by atoms with Crippen molar-refractivity contribution in [1.29, 1.82) is 0 Å². The maximum absolute atomic E-state index is 12.0. The van der Waals surface area contributed by atoms with E-state index in [1.165, 1.54) is 0 Å². The van der Waals surface area contributed by atoms with E-state index < -0.39 is 5.97 Å². The van der Waals surface area contributed by atoms with Gasteiger partial charge in [0, 0.05) is 5.69 Å². The molecular formula is C13H19N3O3. The second kappa shape index (κ2) is 5.88. The van der Waals surface area contributed by atoms with Gasteiger partial charge in [-0.25, -0.2) is 4.79 Å². The number of hydrogen-bond donors (Lipinski definition) is 3. The number of carbonyl (C=O) groups is 2. The highest BCUT2D eigenvalue weighted by molar-refractivity contribution is 6.02. The van der Waals surface area contributed by atoms with E-state index in [1.807, 2.05) is 0 Å². The average molecular weight is 265 g/mol. The van der Waals surface area contributed by atoms with Crippen LogP contribution in [0.5, 0.6) is 0 Å². The molecule has 1 amide bonds. The van der Waals surface area contributed by atoms with Crippen molar-refractivity contribution in [2.75, 3.05) is 18.5 Å². The van der Waals surface area contributed by atoms with E-state index in [0.717, 1.165) is 36.9 Å². The number of carbonyl (C=O) groups excluding carboxylic acids is 2. The van der Waals surface area contributed by atoms with Gasteiger partial charge in [0.1, 0.15) is 11.4 Å². The third-order valence-corrected chi connectivity index (χ3v) is 3.22. The van der Waals surface area contributed by atoms with E-state index in [0.29, 0.717) is 18.0 Å². The Labute approximate surface area is 111 Å². The molecule has 1 aliphatic rings. The van der Waals surface area contributed by atoms with Crippen molar-refractivity contribution < 1.29 is 14.3 Å². The Balaban J connectivity index is 2.37. The van der Waals surface area contributed by atoms with E-state index in [4.69, 9.17) is 10.5 Å². The van der Waals surface area contributed by atoms with Crippen LogP contribution in [0, 0.1) is 0 Å². The van der Waals surface area contributed by atoms with Gasteiger partial charge in [0.15, 0.2) is 0 Å². The second-order valence-electron chi connectivity index (χ2n) is 4.51. The number of nitrogens with one attached hydrogen (secondary N) is 2. The predicted octanol–water partition coefficient (Wildman–Crippen LogP) is 0.967. The molecule has 0 fully saturated rings. The number of nitrogens with two attached hydrogens (primary N) is 1. The molecule has 0 atom stereocenters. The van der Waals surface area contributed by atoms with E-state index in [2.05, 4.69) is 10.3 Å². The number of ether oxygens (including phenoxy) is 1. The van der Waals surface area contributed by atoms with Crippen LogP contribution in [0.25, 0.3) is 0 Å². The fourth-order valence-corrected chi connectivity index (χ4v) is 2.40. The molecule has 0 radical (unpaired) electrons. The van der Waals surface area contributed by atoms with Crippen LogP contribution < -0.4 is 11.1 Å². The molecule has 0 aromatic carbocycles. The van der Waals surface area contributed by atoms with Crippen LogP contribution in [0.3, 0.4) is 0 Å². The standard InChI is InChI=1S/C13H19N3O3/c1-2-19-13(18)11-8-5-3-4-6-9(8)15-12(11)16-10(17)7-14/h15H,2-7,14H2,1H3,(H,16,17). The highest BCUT2D eigenvalue weighted by atomic mass is 16.5. The summed E-state index contributed by atoms with van der Waals surface area (Å²) < 4.78 is 5.07. The number of anilines is 1. The van der Waals surface area contributed by atoms with Crippen LogP contribution in [0.4, 0.5) is 5.82 Å². The predicted molar refractivity (Wildman–Crippen MR) is 71.1 cm³/mol. The quantitative estimate of drug-likeness (QED) is 0.706. The average Bonchev–Trinajstić information content (AvgIpc) is 2.76. The minimum Gasteiger partial charge on any atom is -0.462 e. The summed E-state index contributed by atoms with van der Waals surface area (Å²) in [6.45, 7) is 1.95. The summed E-state index contributed by atoms with van der Waals surface area (Å²) >= 11 is 0. The van der Waals surface area contributed by atoms with Crippen molar-refractivity contribution in [3.05, 3.63) is 16.8 Å². The maximum atomic E-state index is 12.0. The number of esters is 1. The molecule has 6 heteroatoms. The molecule has 1 aliphatic carbocycles. The lowest BCUT2D eigenvalue weighted by molar-refractivity contribution is -0.114. The number of H-pyrrole nitrogens is 1. The molecule has 1 heterocycles. The highest BCUT2D eigenvalue weighted by Gasteiger charge is 2.26. The number of aromatic nitrogens is 1. The van der Waals surface area contributed by atoms with Crippen LogP contribution in [-0.4, -0.2) is 30.0 Å². The Hall–Kier alpha value is -1.82. The van der Waals surface area contributed by atoms with Crippen molar-refractivity contribution in [1.82, 2.24) is 4.98 Å². The number of fused-ring (bicyclic) bond motifs is 1. The zero-order valence-corrected chi connectivity index (χ0v) is 11.0. The third-order valence-electron chi connectivity index (χ3n) is 3.22. The summed E-state index contributed by atoms with van der Waals surface area (Å²) in [6.07, 6.45) is 3.85. The summed E-state index contributed by atoms with van der Waals surface area (Å²) in [5.74, 6) is -0.306.